The lowest BCUT2D eigenvalue weighted by Gasteiger charge is -2.43. The standard InChI is InChI=1S/C28H34IN3O2Si/c1-28(2,3)35(23-14-8-6-9-15-23,24-16-10-7-11-17-24)34-21-13-5-4-12-20-33-27-26-30-18-19-32(26)22-25(29)31-27/h6-11,14-19,22H,4-5,12-13,20-21H2,1-3H3. The van der Waals surface area contributed by atoms with E-state index in [9.17, 15) is 0 Å². The summed E-state index contributed by atoms with van der Waals surface area (Å²) in [7, 11) is -2.44. The van der Waals surface area contributed by atoms with E-state index in [1.807, 2.05) is 16.8 Å². The predicted molar refractivity (Wildman–Crippen MR) is 153 cm³/mol. The summed E-state index contributed by atoms with van der Waals surface area (Å²) in [6.07, 6.45) is 9.86. The highest BCUT2D eigenvalue weighted by molar-refractivity contribution is 14.1. The molecule has 4 rings (SSSR count). The van der Waals surface area contributed by atoms with Crippen LogP contribution in [0.25, 0.3) is 5.65 Å². The average Bonchev–Trinajstić information content (AvgIpc) is 3.32. The van der Waals surface area contributed by atoms with Crippen molar-refractivity contribution in [1.29, 1.82) is 0 Å². The van der Waals surface area contributed by atoms with Crippen LogP contribution in [0.15, 0.2) is 79.3 Å². The summed E-state index contributed by atoms with van der Waals surface area (Å²) in [5, 5.41) is 2.69. The van der Waals surface area contributed by atoms with Gasteiger partial charge in [0.2, 0.25) is 5.65 Å². The molecule has 0 radical (unpaired) electrons. The maximum Gasteiger partial charge on any atom is 0.261 e. The third-order valence-corrected chi connectivity index (χ3v) is 11.9. The number of rotatable bonds is 11. The van der Waals surface area contributed by atoms with Crippen molar-refractivity contribution >= 4 is 46.9 Å². The van der Waals surface area contributed by atoms with Crippen LogP contribution in [0.2, 0.25) is 5.04 Å². The number of hydrogen-bond acceptors (Lipinski definition) is 4. The Morgan fingerprint density at radius 3 is 2.06 bits per heavy atom. The molecule has 0 fully saturated rings. The zero-order chi connectivity index (χ0) is 24.7. The number of imidazole rings is 1. The number of aromatic nitrogens is 3. The van der Waals surface area contributed by atoms with E-state index in [1.54, 1.807) is 6.20 Å². The fourth-order valence-electron chi connectivity index (χ4n) is 4.68. The number of ether oxygens (including phenoxy) is 1. The Morgan fingerprint density at radius 2 is 1.46 bits per heavy atom. The van der Waals surface area contributed by atoms with Crippen LogP contribution >= 0.6 is 22.6 Å². The van der Waals surface area contributed by atoms with Crippen molar-refractivity contribution in [3.05, 3.63) is 83.0 Å². The Balaban J connectivity index is 1.32. The molecular formula is C28H34IN3O2Si. The van der Waals surface area contributed by atoms with Crippen molar-refractivity contribution in [2.75, 3.05) is 13.2 Å². The molecule has 0 bridgehead atoms. The number of nitrogens with zero attached hydrogens (tertiary/aromatic N) is 3. The predicted octanol–water partition coefficient (Wildman–Crippen LogP) is 5.85. The minimum atomic E-state index is -2.44. The van der Waals surface area contributed by atoms with Crippen molar-refractivity contribution in [3.63, 3.8) is 0 Å². The van der Waals surface area contributed by atoms with Gasteiger partial charge in [0.1, 0.15) is 3.70 Å². The van der Waals surface area contributed by atoms with E-state index in [4.69, 9.17) is 9.16 Å². The fourth-order valence-corrected chi connectivity index (χ4v) is 9.81. The molecule has 4 aromatic rings. The fraction of sp³-hybridized carbons (Fsp3) is 0.357. The lowest BCUT2D eigenvalue weighted by molar-refractivity contribution is 0.274. The number of unbranched alkanes of at least 4 members (excludes halogenated alkanes) is 3. The number of hydrogen-bond donors (Lipinski definition) is 0. The Bertz CT molecular complexity index is 1170. The Labute approximate surface area is 223 Å². The van der Waals surface area contributed by atoms with Gasteiger partial charge in [-0.25, -0.2) is 9.97 Å². The maximum absolute atomic E-state index is 6.98. The Kier molecular flexibility index (Phi) is 8.62. The third-order valence-electron chi connectivity index (χ3n) is 6.33. The van der Waals surface area contributed by atoms with E-state index in [0.29, 0.717) is 12.5 Å². The monoisotopic (exact) mass is 599 g/mol. The summed E-state index contributed by atoms with van der Waals surface area (Å²) in [5.74, 6) is 0.608. The number of fused-ring (bicyclic) bond motifs is 1. The van der Waals surface area contributed by atoms with Gasteiger partial charge in [-0.1, -0.05) is 87.9 Å². The lowest BCUT2D eigenvalue weighted by Crippen LogP contribution is -2.66. The first kappa shape index (κ1) is 25.8. The molecule has 0 aliphatic rings. The quantitative estimate of drug-likeness (QED) is 0.123. The molecule has 0 aliphatic carbocycles. The van der Waals surface area contributed by atoms with Crippen molar-refractivity contribution < 1.29 is 9.16 Å². The molecule has 0 aliphatic heterocycles. The second-order valence-corrected chi connectivity index (χ2v) is 15.2. The topological polar surface area (TPSA) is 48.7 Å². The minimum absolute atomic E-state index is 0.0158. The molecule has 0 saturated heterocycles. The Morgan fingerprint density at radius 1 is 0.857 bits per heavy atom. The molecular weight excluding hydrogens is 565 g/mol. The van der Waals surface area contributed by atoms with Gasteiger partial charge in [-0.2, -0.15) is 0 Å². The average molecular weight is 600 g/mol. The highest BCUT2D eigenvalue weighted by Gasteiger charge is 2.49. The first-order valence-corrected chi connectivity index (χ1v) is 15.3. The molecule has 2 aromatic heterocycles. The van der Waals surface area contributed by atoms with Crippen LogP contribution in [0, 0.1) is 3.70 Å². The van der Waals surface area contributed by atoms with Crippen LogP contribution in [-0.4, -0.2) is 35.9 Å². The van der Waals surface area contributed by atoms with E-state index in [-0.39, 0.29) is 5.04 Å². The Hall–Kier alpha value is -2.23. The van der Waals surface area contributed by atoms with Gasteiger partial charge in [0.15, 0.2) is 0 Å². The number of halogens is 1. The molecule has 35 heavy (non-hydrogen) atoms. The highest BCUT2D eigenvalue weighted by atomic mass is 127. The normalized spacial score (nSPS) is 12.2. The maximum atomic E-state index is 6.98. The van der Waals surface area contributed by atoms with Crippen LogP contribution < -0.4 is 15.1 Å². The second-order valence-electron chi connectivity index (χ2n) is 9.80. The summed E-state index contributed by atoms with van der Waals surface area (Å²) < 4.78 is 15.8. The molecule has 7 heteroatoms. The summed E-state index contributed by atoms with van der Waals surface area (Å²) in [5.41, 5.74) is 0.768. The lowest BCUT2D eigenvalue weighted by atomic mass is 10.2. The van der Waals surface area contributed by atoms with Crippen LogP contribution in [0.4, 0.5) is 0 Å². The molecule has 0 saturated carbocycles. The van der Waals surface area contributed by atoms with Gasteiger partial charge in [0, 0.05) is 25.2 Å². The first-order chi connectivity index (χ1) is 16.9. The molecule has 0 spiro atoms. The van der Waals surface area contributed by atoms with Gasteiger partial charge >= 0.3 is 0 Å². The molecule has 2 heterocycles. The number of benzene rings is 2. The summed E-state index contributed by atoms with van der Waals surface area (Å²) in [4.78, 5) is 8.85. The summed E-state index contributed by atoms with van der Waals surface area (Å²) >= 11 is 2.20. The van der Waals surface area contributed by atoms with E-state index in [1.165, 1.54) is 10.4 Å². The minimum Gasteiger partial charge on any atom is -0.475 e. The van der Waals surface area contributed by atoms with Gasteiger partial charge in [0.05, 0.1) is 6.61 Å². The zero-order valence-electron chi connectivity index (χ0n) is 20.8. The van der Waals surface area contributed by atoms with Crippen LogP contribution in [0.5, 0.6) is 5.88 Å². The zero-order valence-corrected chi connectivity index (χ0v) is 23.9. The van der Waals surface area contributed by atoms with Gasteiger partial charge in [-0.05, 0) is 57.3 Å². The van der Waals surface area contributed by atoms with Crippen molar-refractivity contribution in [2.45, 2.75) is 51.5 Å². The largest absolute Gasteiger partial charge is 0.475 e. The molecule has 2 aromatic carbocycles. The van der Waals surface area contributed by atoms with Gasteiger partial charge in [0.25, 0.3) is 14.2 Å². The molecule has 0 amide bonds. The SMILES string of the molecule is CC(C)(C)[Si](OCCCCCCOc1nc(I)cn2ccnc12)(c1ccccc1)c1ccccc1. The molecule has 0 unspecified atom stereocenters. The smallest absolute Gasteiger partial charge is 0.261 e. The van der Waals surface area contributed by atoms with E-state index in [0.717, 1.165) is 41.6 Å². The molecule has 0 N–H and O–H groups in total. The van der Waals surface area contributed by atoms with Gasteiger partial charge in [-0.15, -0.1) is 0 Å². The van der Waals surface area contributed by atoms with E-state index >= 15 is 0 Å². The van der Waals surface area contributed by atoms with Crippen molar-refractivity contribution in [1.82, 2.24) is 14.4 Å². The first-order valence-electron chi connectivity index (χ1n) is 12.3. The van der Waals surface area contributed by atoms with Crippen LogP contribution in [0.1, 0.15) is 46.5 Å². The summed E-state index contributed by atoms with van der Waals surface area (Å²) in [6.45, 7) is 8.39. The summed E-state index contributed by atoms with van der Waals surface area (Å²) in [6, 6.07) is 21.7. The van der Waals surface area contributed by atoms with E-state index in [2.05, 4.69) is 114 Å². The molecule has 5 nitrogen and oxygen atoms in total. The van der Waals surface area contributed by atoms with Crippen molar-refractivity contribution in [3.8, 4) is 5.88 Å². The van der Waals surface area contributed by atoms with Gasteiger partial charge < -0.3 is 9.16 Å². The van der Waals surface area contributed by atoms with Crippen molar-refractivity contribution in [2.24, 2.45) is 0 Å². The molecule has 184 valence electrons. The second kappa shape index (κ2) is 11.7. The van der Waals surface area contributed by atoms with E-state index < -0.39 is 8.32 Å². The van der Waals surface area contributed by atoms with Crippen LogP contribution in [-0.2, 0) is 4.43 Å². The van der Waals surface area contributed by atoms with Crippen LogP contribution in [0.3, 0.4) is 0 Å². The molecule has 0 atom stereocenters. The third kappa shape index (κ3) is 5.95. The highest BCUT2D eigenvalue weighted by Crippen LogP contribution is 2.36. The van der Waals surface area contributed by atoms with Gasteiger partial charge in [-0.3, -0.25) is 4.40 Å².